The Morgan fingerprint density at radius 3 is 2.54 bits per heavy atom. The van der Waals surface area contributed by atoms with Crippen LogP contribution in [-0.4, -0.2) is 17.1 Å². The first-order valence-corrected chi connectivity index (χ1v) is 8.58. The molecule has 3 aromatic rings. The van der Waals surface area contributed by atoms with Crippen LogP contribution in [0.3, 0.4) is 0 Å². The number of carbonyl (C=O) groups is 1. The Kier molecular flexibility index (Phi) is 5.64. The van der Waals surface area contributed by atoms with Crippen LogP contribution in [0.25, 0.3) is 0 Å². The van der Waals surface area contributed by atoms with Crippen molar-refractivity contribution in [2.75, 3.05) is 6.61 Å². The lowest BCUT2D eigenvalue weighted by atomic mass is 10.1. The Balaban J connectivity index is 1.73. The molecule has 4 nitrogen and oxygen atoms in total. The molecule has 4 heteroatoms. The SMILES string of the molecule is Cc1ccc(Cn2ccccc2=NC(=O)COc2cccc(C)c2)cc1. The average Bonchev–Trinajstić information content (AvgIpc) is 2.64. The number of hydrogen-bond donors (Lipinski definition) is 0. The molecular formula is C22H22N2O2. The number of rotatable bonds is 5. The standard InChI is InChI=1S/C22H22N2O2/c1-17-9-11-19(12-10-17)15-24-13-4-3-8-21(24)23-22(25)16-26-20-7-5-6-18(2)14-20/h3-14H,15-16H2,1-2H3. The quantitative estimate of drug-likeness (QED) is 0.708. The largest absolute Gasteiger partial charge is 0.484 e. The van der Waals surface area contributed by atoms with E-state index in [2.05, 4.69) is 36.2 Å². The molecule has 0 bridgehead atoms. The Morgan fingerprint density at radius 1 is 0.962 bits per heavy atom. The molecule has 132 valence electrons. The van der Waals surface area contributed by atoms with Crippen LogP contribution in [0.1, 0.15) is 16.7 Å². The fraction of sp³-hybridized carbons (Fsp3) is 0.182. The monoisotopic (exact) mass is 346 g/mol. The minimum Gasteiger partial charge on any atom is -0.484 e. The van der Waals surface area contributed by atoms with Crippen LogP contribution < -0.4 is 10.2 Å². The van der Waals surface area contributed by atoms with Crippen LogP contribution in [0, 0.1) is 13.8 Å². The highest BCUT2D eigenvalue weighted by Crippen LogP contribution is 2.12. The maximum absolute atomic E-state index is 12.2. The van der Waals surface area contributed by atoms with Gasteiger partial charge in [-0.25, -0.2) is 0 Å². The molecule has 0 unspecified atom stereocenters. The number of amides is 1. The van der Waals surface area contributed by atoms with Crippen molar-refractivity contribution in [3.63, 3.8) is 0 Å². The summed E-state index contributed by atoms with van der Waals surface area (Å²) < 4.78 is 7.49. The van der Waals surface area contributed by atoms with Gasteiger partial charge in [-0.3, -0.25) is 4.79 Å². The zero-order valence-corrected chi connectivity index (χ0v) is 15.1. The number of nitrogens with zero attached hydrogens (tertiary/aromatic N) is 2. The Hall–Kier alpha value is -3.14. The molecule has 0 aliphatic carbocycles. The van der Waals surface area contributed by atoms with E-state index in [1.165, 1.54) is 5.56 Å². The summed E-state index contributed by atoms with van der Waals surface area (Å²) in [5, 5.41) is 0. The number of pyridine rings is 1. The highest BCUT2D eigenvalue weighted by Gasteiger charge is 2.03. The lowest BCUT2D eigenvalue weighted by molar-refractivity contribution is -0.120. The van der Waals surface area contributed by atoms with Gasteiger partial charge in [0.15, 0.2) is 6.61 Å². The second-order valence-electron chi connectivity index (χ2n) is 6.28. The lowest BCUT2D eigenvalue weighted by Gasteiger charge is -2.08. The Bertz CT molecular complexity index is 956. The van der Waals surface area contributed by atoms with Gasteiger partial charge in [0.2, 0.25) is 0 Å². The number of aryl methyl sites for hydroxylation is 2. The normalized spacial score (nSPS) is 11.4. The second-order valence-corrected chi connectivity index (χ2v) is 6.28. The topological polar surface area (TPSA) is 43.6 Å². The predicted molar refractivity (Wildman–Crippen MR) is 102 cm³/mol. The summed E-state index contributed by atoms with van der Waals surface area (Å²) in [6.45, 7) is 4.62. The van der Waals surface area contributed by atoms with Crippen molar-refractivity contribution >= 4 is 5.91 Å². The first kappa shape index (κ1) is 17.7. The Labute approximate surface area is 153 Å². The molecule has 0 atom stereocenters. The minimum absolute atomic E-state index is 0.0805. The van der Waals surface area contributed by atoms with E-state index in [4.69, 9.17) is 4.74 Å². The highest BCUT2D eigenvalue weighted by molar-refractivity contribution is 5.78. The number of carbonyl (C=O) groups excluding carboxylic acids is 1. The van der Waals surface area contributed by atoms with Crippen LogP contribution in [0.15, 0.2) is 77.9 Å². The summed E-state index contributed by atoms with van der Waals surface area (Å²) >= 11 is 0. The number of ether oxygens (including phenoxy) is 1. The summed E-state index contributed by atoms with van der Waals surface area (Å²) in [4.78, 5) is 16.4. The third-order valence-electron chi connectivity index (χ3n) is 3.98. The zero-order valence-electron chi connectivity index (χ0n) is 15.1. The molecular weight excluding hydrogens is 324 g/mol. The summed E-state index contributed by atoms with van der Waals surface area (Å²) in [5.41, 5.74) is 4.09. The molecule has 1 heterocycles. The second kappa shape index (κ2) is 8.30. The minimum atomic E-state index is -0.310. The predicted octanol–water partition coefficient (Wildman–Crippen LogP) is 3.66. The van der Waals surface area contributed by atoms with Gasteiger partial charge >= 0.3 is 0 Å². The molecule has 3 rings (SSSR count). The Morgan fingerprint density at radius 2 is 1.77 bits per heavy atom. The molecule has 0 radical (unpaired) electrons. The number of hydrogen-bond acceptors (Lipinski definition) is 2. The van der Waals surface area contributed by atoms with E-state index in [0.717, 1.165) is 11.1 Å². The fourth-order valence-electron chi connectivity index (χ4n) is 2.60. The van der Waals surface area contributed by atoms with E-state index >= 15 is 0 Å². The van der Waals surface area contributed by atoms with Crippen LogP contribution in [0.2, 0.25) is 0 Å². The summed E-state index contributed by atoms with van der Waals surface area (Å²) in [6.07, 6.45) is 1.92. The van der Waals surface area contributed by atoms with Gasteiger partial charge in [-0.05, 0) is 49.2 Å². The molecule has 1 amide bonds. The maximum atomic E-state index is 12.2. The van der Waals surface area contributed by atoms with Gasteiger partial charge in [0, 0.05) is 12.7 Å². The van der Waals surface area contributed by atoms with Gasteiger partial charge in [-0.2, -0.15) is 4.99 Å². The third-order valence-corrected chi connectivity index (χ3v) is 3.98. The van der Waals surface area contributed by atoms with Gasteiger partial charge in [0.1, 0.15) is 11.2 Å². The van der Waals surface area contributed by atoms with Gasteiger partial charge in [-0.15, -0.1) is 0 Å². The van der Waals surface area contributed by atoms with Crippen LogP contribution in [-0.2, 0) is 11.3 Å². The first-order valence-electron chi connectivity index (χ1n) is 8.58. The van der Waals surface area contributed by atoms with Crippen molar-refractivity contribution < 1.29 is 9.53 Å². The molecule has 26 heavy (non-hydrogen) atoms. The van der Waals surface area contributed by atoms with Crippen LogP contribution in [0.5, 0.6) is 5.75 Å². The van der Waals surface area contributed by atoms with Gasteiger partial charge in [0.05, 0.1) is 0 Å². The summed E-state index contributed by atoms with van der Waals surface area (Å²) in [6, 6.07) is 21.6. The van der Waals surface area contributed by atoms with Crippen LogP contribution in [0.4, 0.5) is 0 Å². The smallest absolute Gasteiger partial charge is 0.285 e. The van der Waals surface area contributed by atoms with E-state index in [0.29, 0.717) is 17.8 Å². The molecule has 0 aliphatic rings. The van der Waals surface area contributed by atoms with Crippen molar-refractivity contribution in [3.05, 3.63) is 95.1 Å². The first-order chi connectivity index (χ1) is 12.6. The molecule has 0 spiro atoms. The fourth-order valence-corrected chi connectivity index (χ4v) is 2.60. The molecule has 0 fully saturated rings. The lowest BCUT2D eigenvalue weighted by Crippen LogP contribution is -2.23. The van der Waals surface area contributed by atoms with Crippen molar-refractivity contribution in [1.29, 1.82) is 0 Å². The molecule has 1 aromatic heterocycles. The van der Waals surface area contributed by atoms with Gasteiger partial charge in [-0.1, -0.05) is 48.0 Å². The van der Waals surface area contributed by atoms with Crippen molar-refractivity contribution in [2.45, 2.75) is 20.4 Å². The van der Waals surface area contributed by atoms with Crippen molar-refractivity contribution in [3.8, 4) is 5.75 Å². The third kappa shape index (κ3) is 4.93. The van der Waals surface area contributed by atoms with E-state index in [1.54, 1.807) is 0 Å². The van der Waals surface area contributed by atoms with Gasteiger partial charge in [0.25, 0.3) is 5.91 Å². The molecule has 0 saturated carbocycles. The maximum Gasteiger partial charge on any atom is 0.285 e. The summed E-state index contributed by atoms with van der Waals surface area (Å²) in [7, 11) is 0. The van der Waals surface area contributed by atoms with Crippen molar-refractivity contribution in [1.82, 2.24) is 4.57 Å². The van der Waals surface area contributed by atoms with E-state index in [1.807, 2.05) is 60.2 Å². The van der Waals surface area contributed by atoms with Crippen LogP contribution >= 0.6 is 0 Å². The van der Waals surface area contributed by atoms with E-state index in [-0.39, 0.29) is 12.5 Å². The zero-order chi connectivity index (χ0) is 18.4. The molecule has 0 saturated heterocycles. The molecule has 0 N–H and O–H groups in total. The van der Waals surface area contributed by atoms with E-state index in [9.17, 15) is 4.79 Å². The van der Waals surface area contributed by atoms with E-state index < -0.39 is 0 Å². The average molecular weight is 346 g/mol. The van der Waals surface area contributed by atoms with Crippen molar-refractivity contribution in [2.24, 2.45) is 4.99 Å². The number of aromatic nitrogens is 1. The number of benzene rings is 2. The molecule has 0 aliphatic heterocycles. The highest BCUT2D eigenvalue weighted by atomic mass is 16.5. The molecule has 2 aromatic carbocycles. The van der Waals surface area contributed by atoms with Gasteiger partial charge < -0.3 is 9.30 Å². The summed E-state index contributed by atoms with van der Waals surface area (Å²) in [5.74, 6) is 0.365.